The molecule has 0 aromatic heterocycles. The minimum atomic E-state index is -0.847. The molecule has 2 aliphatic carbocycles. The van der Waals surface area contributed by atoms with Gasteiger partial charge in [-0.1, -0.05) is 40.0 Å². The van der Waals surface area contributed by atoms with E-state index in [-0.39, 0.29) is 17.9 Å². The van der Waals surface area contributed by atoms with E-state index < -0.39 is 17.3 Å². The van der Waals surface area contributed by atoms with Crippen molar-refractivity contribution < 1.29 is 14.7 Å². The SMILES string of the molecule is CCC1CCCC(NC(=O)C2C(C(=O)O)C2(C)C)C1. The van der Waals surface area contributed by atoms with Crippen LogP contribution in [0, 0.1) is 23.2 Å². The molecule has 2 N–H and O–H groups in total. The predicted octanol–water partition coefficient (Wildman–Crippen LogP) is 2.43. The summed E-state index contributed by atoms with van der Waals surface area (Å²) in [5, 5.41) is 12.2. The van der Waals surface area contributed by atoms with Crippen LogP contribution in [0.5, 0.6) is 0 Å². The third-order valence-corrected chi connectivity index (χ3v) is 5.08. The Morgan fingerprint density at radius 1 is 1.26 bits per heavy atom. The molecule has 0 radical (unpaired) electrons. The third-order valence-electron chi connectivity index (χ3n) is 5.08. The smallest absolute Gasteiger partial charge is 0.307 e. The summed E-state index contributed by atoms with van der Waals surface area (Å²) in [4.78, 5) is 23.3. The van der Waals surface area contributed by atoms with Crippen molar-refractivity contribution in [1.29, 1.82) is 0 Å². The quantitative estimate of drug-likeness (QED) is 0.822. The molecule has 0 aliphatic heterocycles. The largest absolute Gasteiger partial charge is 0.481 e. The Morgan fingerprint density at radius 3 is 2.47 bits per heavy atom. The minimum absolute atomic E-state index is 0.0563. The molecule has 0 bridgehead atoms. The average molecular weight is 267 g/mol. The third kappa shape index (κ3) is 2.77. The molecule has 2 fully saturated rings. The molecular weight excluding hydrogens is 242 g/mol. The highest BCUT2D eigenvalue weighted by molar-refractivity contribution is 5.91. The Bertz CT molecular complexity index is 378. The fraction of sp³-hybridized carbons (Fsp3) is 0.867. The molecule has 108 valence electrons. The lowest BCUT2D eigenvalue weighted by atomic mass is 9.84. The van der Waals surface area contributed by atoms with Gasteiger partial charge in [0.05, 0.1) is 11.8 Å². The Labute approximate surface area is 115 Å². The van der Waals surface area contributed by atoms with Crippen LogP contribution < -0.4 is 5.32 Å². The minimum Gasteiger partial charge on any atom is -0.481 e. The van der Waals surface area contributed by atoms with Crippen molar-refractivity contribution in [2.75, 3.05) is 0 Å². The molecule has 2 aliphatic rings. The van der Waals surface area contributed by atoms with Gasteiger partial charge in [-0.3, -0.25) is 9.59 Å². The molecule has 4 nitrogen and oxygen atoms in total. The number of rotatable bonds is 4. The number of nitrogens with one attached hydrogen (secondary N) is 1. The molecule has 0 heterocycles. The second-order valence-electron chi connectivity index (χ2n) is 6.76. The van der Waals surface area contributed by atoms with Gasteiger partial charge in [-0.15, -0.1) is 0 Å². The van der Waals surface area contributed by atoms with Crippen LogP contribution in [0.1, 0.15) is 52.9 Å². The van der Waals surface area contributed by atoms with Gasteiger partial charge >= 0.3 is 5.97 Å². The second kappa shape index (κ2) is 5.14. The summed E-state index contributed by atoms with van der Waals surface area (Å²) in [6, 6.07) is 0.247. The van der Waals surface area contributed by atoms with Crippen LogP contribution in [0.3, 0.4) is 0 Å². The highest BCUT2D eigenvalue weighted by Crippen LogP contribution is 2.58. The van der Waals surface area contributed by atoms with E-state index in [1.165, 1.54) is 19.3 Å². The van der Waals surface area contributed by atoms with Crippen molar-refractivity contribution in [2.24, 2.45) is 23.2 Å². The molecule has 4 atom stereocenters. The van der Waals surface area contributed by atoms with Gasteiger partial charge in [0, 0.05) is 6.04 Å². The average Bonchev–Trinajstić information content (AvgIpc) is 2.93. The van der Waals surface area contributed by atoms with Crippen LogP contribution in [0.15, 0.2) is 0 Å². The van der Waals surface area contributed by atoms with Crippen LogP contribution in [0.4, 0.5) is 0 Å². The molecule has 2 saturated carbocycles. The van der Waals surface area contributed by atoms with E-state index in [9.17, 15) is 9.59 Å². The Kier molecular flexibility index (Phi) is 3.88. The molecule has 4 unspecified atom stereocenters. The Hall–Kier alpha value is -1.06. The van der Waals surface area contributed by atoms with Gasteiger partial charge in [-0.2, -0.15) is 0 Å². The van der Waals surface area contributed by atoms with Crippen LogP contribution in [-0.4, -0.2) is 23.0 Å². The maximum atomic E-state index is 12.2. The zero-order valence-electron chi connectivity index (χ0n) is 12.1. The van der Waals surface area contributed by atoms with E-state index in [0.717, 1.165) is 12.8 Å². The monoisotopic (exact) mass is 267 g/mol. The standard InChI is InChI=1S/C15H25NO3/c1-4-9-6-5-7-10(8-9)16-13(17)11-12(14(18)19)15(11,2)3/h9-12H,4-8H2,1-3H3,(H,16,17)(H,18,19). The zero-order chi connectivity index (χ0) is 14.2. The molecule has 0 aromatic carbocycles. The van der Waals surface area contributed by atoms with E-state index in [0.29, 0.717) is 5.92 Å². The molecule has 2 rings (SSSR count). The van der Waals surface area contributed by atoms with Crippen molar-refractivity contribution in [3.8, 4) is 0 Å². The van der Waals surface area contributed by atoms with Crippen molar-refractivity contribution in [2.45, 2.75) is 58.9 Å². The van der Waals surface area contributed by atoms with E-state index in [2.05, 4.69) is 12.2 Å². The van der Waals surface area contributed by atoms with Crippen LogP contribution >= 0.6 is 0 Å². The fourth-order valence-corrected chi connectivity index (χ4v) is 3.67. The summed E-state index contributed by atoms with van der Waals surface area (Å²) in [5.41, 5.74) is -0.394. The van der Waals surface area contributed by atoms with E-state index in [1.54, 1.807) is 0 Å². The Balaban J connectivity index is 1.90. The number of carboxylic acid groups (broad SMARTS) is 1. The van der Waals surface area contributed by atoms with E-state index >= 15 is 0 Å². The van der Waals surface area contributed by atoms with Crippen molar-refractivity contribution in [3.63, 3.8) is 0 Å². The van der Waals surface area contributed by atoms with Crippen molar-refractivity contribution in [1.82, 2.24) is 5.32 Å². The van der Waals surface area contributed by atoms with Crippen LogP contribution in [-0.2, 0) is 9.59 Å². The lowest BCUT2D eigenvalue weighted by Gasteiger charge is -2.29. The summed E-state index contributed by atoms with van der Waals surface area (Å²) in [5.74, 6) is -1.06. The lowest BCUT2D eigenvalue weighted by molar-refractivity contribution is -0.140. The van der Waals surface area contributed by atoms with Gasteiger partial charge in [0.2, 0.25) is 5.91 Å². The first-order chi connectivity index (χ1) is 8.87. The summed E-state index contributed by atoms with van der Waals surface area (Å²) >= 11 is 0. The molecular formula is C15H25NO3. The summed E-state index contributed by atoms with van der Waals surface area (Å²) in [6.07, 6.45) is 5.68. The number of carboxylic acids is 1. The maximum Gasteiger partial charge on any atom is 0.307 e. The Morgan fingerprint density at radius 2 is 1.95 bits per heavy atom. The van der Waals surface area contributed by atoms with Crippen LogP contribution in [0.2, 0.25) is 0 Å². The summed E-state index contributed by atoms with van der Waals surface area (Å²) < 4.78 is 0. The number of carbonyl (C=O) groups is 2. The van der Waals surface area contributed by atoms with E-state index in [4.69, 9.17) is 5.11 Å². The van der Waals surface area contributed by atoms with Gasteiger partial charge in [0.15, 0.2) is 0 Å². The number of hydrogen-bond acceptors (Lipinski definition) is 2. The first-order valence-corrected chi connectivity index (χ1v) is 7.41. The highest BCUT2D eigenvalue weighted by atomic mass is 16.4. The number of amides is 1. The summed E-state index contributed by atoms with van der Waals surface area (Å²) in [6.45, 7) is 5.93. The number of carbonyl (C=O) groups excluding carboxylic acids is 1. The van der Waals surface area contributed by atoms with Crippen molar-refractivity contribution in [3.05, 3.63) is 0 Å². The highest BCUT2D eigenvalue weighted by Gasteiger charge is 2.65. The second-order valence-corrected chi connectivity index (χ2v) is 6.76. The first-order valence-electron chi connectivity index (χ1n) is 7.41. The number of hydrogen-bond donors (Lipinski definition) is 2. The lowest BCUT2D eigenvalue weighted by Crippen LogP contribution is -2.40. The fourth-order valence-electron chi connectivity index (χ4n) is 3.67. The first kappa shape index (κ1) is 14.4. The normalized spacial score (nSPS) is 36.6. The van der Waals surface area contributed by atoms with Gasteiger partial charge in [-0.05, 0) is 24.2 Å². The van der Waals surface area contributed by atoms with Crippen molar-refractivity contribution >= 4 is 11.9 Å². The number of aliphatic carboxylic acids is 1. The molecule has 4 heteroatoms. The van der Waals surface area contributed by atoms with Gasteiger partial charge in [-0.25, -0.2) is 0 Å². The predicted molar refractivity (Wildman–Crippen MR) is 72.6 cm³/mol. The van der Waals surface area contributed by atoms with Gasteiger partial charge in [0.25, 0.3) is 0 Å². The molecule has 0 aromatic rings. The molecule has 19 heavy (non-hydrogen) atoms. The molecule has 0 saturated heterocycles. The zero-order valence-corrected chi connectivity index (χ0v) is 12.1. The molecule has 0 spiro atoms. The topological polar surface area (TPSA) is 66.4 Å². The van der Waals surface area contributed by atoms with Crippen LogP contribution in [0.25, 0.3) is 0 Å². The van der Waals surface area contributed by atoms with E-state index in [1.807, 2.05) is 13.8 Å². The molecule has 1 amide bonds. The van der Waals surface area contributed by atoms with Gasteiger partial charge in [0.1, 0.15) is 0 Å². The summed E-state index contributed by atoms with van der Waals surface area (Å²) in [7, 11) is 0. The van der Waals surface area contributed by atoms with Gasteiger partial charge < -0.3 is 10.4 Å². The maximum absolute atomic E-state index is 12.2.